The Morgan fingerprint density at radius 1 is 0.500 bits per heavy atom. The van der Waals surface area contributed by atoms with E-state index in [1.54, 1.807) is 0 Å². The number of hydrogen-bond acceptors (Lipinski definition) is 2. The van der Waals surface area contributed by atoms with Crippen LogP contribution in [0.3, 0.4) is 0 Å². The SMILES string of the molecule is CCCCCCCCCCCC(=O)[O-].CCCCCCCCCCCCCC[N+](C)(C)C. The number of carboxylic acid groups (broad SMARTS) is 1. The summed E-state index contributed by atoms with van der Waals surface area (Å²) in [5.74, 6) is -0.909. The molecule has 0 aromatic carbocycles. The molecule has 0 aromatic rings. The van der Waals surface area contributed by atoms with Crippen LogP contribution in [0.15, 0.2) is 0 Å². The fourth-order valence-electron chi connectivity index (χ4n) is 4.01. The number of rotatable bonds is 23. The van der Waals surface area contributed by atoms with Crippen LogP contribution in [0.25, 0.3) is 0 Å². The minimum atomic E-state index is -0.909. The number of carboxylic acids is 1. The molecule has 0 rings (SSSR count). The fourth-order valence-corrected chi connectivity index (χ4v) is 4.01. The maximum absolute atomic E-state index is 10.1. The summed E-state index contributed by atoms with van der Waals surface area (Å²) in [5.41, 5.74) is 0. The average Bonchev–Trinajstić information content (AvgIpc) is 2.73. The van der Waals surface area contributed by atoms with Gasteiger partial charge in [0.05, 0.1) is 27.7 Å². The molecule has 32 heavy (non-hydrogen) atoms. The Bertz CT molecular complexity index is 363. The summed E-state index contributed by atoms with van der Waals surface area (Å²) in [5, 5.41) is 10.1. The Morgan fingerprint density at radius 2 is 0.781 bits per heavy atom. The van der Waals surface area contributed by atoms with E-state index in [0.29, 0.717) is 0 Å². The van der Waals surface area contributed by atoms with Crippen molar-refractivity contribution in [2.75, 3.05) is 27.7 Å². The van der Waals surface area contributed by atoms with E-state index in [-0.39, 0.29) is 6.42 Å². The van der Waals surface area contributed by atoms with E-state index in [2.05, 4.69) is 35.0 Å². The molecule has 0 atom stereocenters. The van der Waals surface area contributed by atoms with Gasteiger partial charge in [-0.15, -0.1) is 0 Å². The van der Waals surface area contributed by atoms with E-state index in [0.717, 1.165) is 17.3 Å². The molecule has 0 fully saturated rings. The lowest BCUT2D eigenvalue weighted by Gasteiger charge is -2.23. The molecular formula is C29H61NO2. The summed E-state index contributed by atoms with van der Waals surface area (Å²) in [4.78, 5) is 10.1. The number of quaternary nitrogens is 1. The lowest BCUT2D eigenvalue weighted by Crippen LogP contribution is -2.35. The lowest BCUT2D eigenvalue weighted by atomic mass is 10.1. The fraction of sp³-hybridized carbons (Fsp3) is 0.966. The minimum Gasteiger partial charge on any atom is -0.550 e. The molecule has 0 saturated carbocycles. The molecule has 0 heterocycles. The van der Waals surface area contributed by atoms with Gasteiger partial charge in [0.1, 0.15) is 0 Å². The first-order valence-electron chi connectivity index (χ1n) is 14.3. The maximum atomic E-state index is 10.1. The number of carbonyl (C=O) groups is 1. The Hall–Kier alpha value is -0.570. The zero-order chi connectivity index (χ0) is 24.3. The van der Waals surface area contributed by atoms with Crippen molar-refractivity contribution in [3.63, 3.8) is 0 Å². The van der Waals surface area contributed by atoms with Crippen LogP contribution in [0.4, 0.5) is 0 Å². The van der Waals surface area contributed by atoms with Gasteiger partial charge >= 0.3 is 0 Å². The molecule has 0 amide bonds. The Morgan fingerprint density at radius 3 is 1.06 bits per heavy atom. The van der Waals surface area contributed by atoms with Crippen LogP contribution in [0, 0.1) is 0 Å². The number of aliphatic carboxylic acids is 1. The van der Waals surface area contributed by atoms with Gasteiger partial charge in [-0.25, -0.2) is 0 Å². The molecule has 0 saturated heterocycles. The van der Waals surface area contributed by atoms with E-state index in [4.69, 9.17) is 0 Å². The molecule has 0 bridgehead atoms. The number of nitrogens with zero attached hydrogens (tertiary/aromatic N) is 1. The van der Waals surface area contributed by atoms with Crippen molar-refractivity contribution in [1.29, 1.82) is 0 Å². The van der Waals surface area contributed by atoms with Crippen molar-refractivity contribution in [2.45, 2.75) is 155 Å². The van der Waals surface area contributed by atoms with E-state index >= 15 is 0 Å². The molecular weight excluding hydrogens is 394 g/mol. The van der Waals surface area contributed by atoms with Crippen molar-refractivity contribution in [3.8, 4) is 0 Å². The third-order valence-electron chi connectivity index (χ3n) is 6.17. The molecule has 3 nitrogen and oxygen atoms in total. The summed E-state index contributed by atoms with van der Waals surface area (Å²) in [7, 11) is 6.87. The number of unbranched alkanes of at least 4 members (excludes halogenated alkanes) is 19. The van der Waals surface area contributed by atoms with Gasteiger partial charge in [0, 0.05) is 5.97 Å². The second-order valence-electron chi connectivity index (χ2n) is 10.9. The standard InChI is InChI=1S/C17H38N.C12H24O2/c1-5-6-7-8-9-10-11-12-13-14-15-16-17-18(2,3)4;1-2-3-4-5-6-7-8-9-10-11-12(13)14/h5-17H2,1-4H3;2-11H2,1H3,(H,13,14)/q+1;/p-1. The van der Waals surface area contributed by atoms with Crippen LogP contribution < -0.4 is 5.11 Å². The predicted octanol–water partition coefficient (Wildman–Crippen LogP) is 8.05. The summed E-state index contributed by atoms with van der Waals surface area (Å²) in [6.45, 7) is 5.84. The summed E-state index contributed by atoms with van der Waals surface area (Å²) >= 11 is 0. The second kappa shape index (κ2) is 26.7. The van der Waals surface area contributed by atoms with Crippen LogP contribution in [-0.2, 0) is 4.79 Å². The molecule has 0 unspecified atom stereocenters. The van der Waals surface area contributed by atoms with E-state index in [9.17, 15) is 9.90 Å². The smallest absolute Gasteiger partial charge is 0.0780 e. The normalized spacial score (nSPS) is 11.3. The van der Waals surface area contributed by atoms with Crippen LogP contribution in [0.1, 0.15) is 155 Å². The van der Waals surface area contributed by atoms with E-state index in [1.165, 1.54) is 129 Å². The highest BCUT2D eigenvalue weighted by Crippen LogP contribution is 2.12. The summed E-state index contributed by atoms with van der Waals surface area (Å²) < 4.78 is 1.12. The summed E-state index contributed by atoms with van der Waals surface area (Å²) in [6.07, 6.45) is 28.5. The highest BCUT2D eigenvalue weighted by atomic mass is 16.4. The van der Waals surface area contributed by atoms with Gasteiger partial charge in [-0.3, -0.25) is 0 Å². The molecule has 0 spiro atoms. The number of carbonyl (C=O) groups excluding carboxylic acids is 1. The second-order valence-corrected chi connectivity index (χ2v) is 10.9. The van der Waals surface area contributed by atoms with Gasteiger partial charge in [0.15, 0.2) is 0 Å². The van der Waals surface area contributed by atoms with Crippen molar-refractivity contribution in [1.82, 2.24) is 0 Å². The molecule has 0 aliphatic heterocycles. The molecule has 0 aliphatic rings. The first-order valence-corrected chi connectivity index (χ1v) is 14.3. The third-order valence-corrected chi connectivity index (χ3v) is 6.17. The summed E-state index contributed by atoms with van der Waals surface area (Å²) in [6, 6.07) is 0. The molecule has 0 N–H and O–H groups in total. The molecule has 3 heteroatoms. The topological polar surface area (TPSA) is 40.1 Å². The van der Waals surface area contributed by atoms with Crippen molar-refractivity contribution in [2.24, 2.45) is 0 Å². The Kier molecular flexibility index (Phi) is 28.0. The quantitative estimate of drug-likeness (QED) is 0.115. The molecule has 194 valence electrons. The minimum absolute atomic E-state index is 0.232. The average molecular weight is 456 g/mol. The highest BCUT2D eigenvalue weighted by molar-refractivity contribution is 5.63. The first kappa shape index (κ1) is 33.6. The van der Waals surface area contributed by atoms with Crippen LogP contribution >= 0.6 is 0 Å². The highest BCUT2D eigenvalue weighted by Gasteiger charge is 2.04. The molecule has 0 radical (unpaired) electrons. The van der Waals surface area contributed by atoms with Crippen molar-refractivity contribution >= 4 is 5.97 Å². The van der Waals surface area contributed by atoms with E-state index in [1.807, 2.05) is 0 Å². The Balaban J connectivity index is 0. The first-order chi connectivity index (χ1) is 15.3. The molecule has 0 aromatic heterocycles. The lowest BCUT2D eigenvalue weighted by molar-refractivity contribution is -0.870. The predicted molar refractivity (Wildman–Crippen MR) is 141 cm³/mol. The van der Waals surface area contributed by atoms with Gasteiger partial charge in [-0.05, 0) is 25.7 Å². The van der Waals surface area contributed by atoms with Crippen LogP contribution in [0.5, 0.6) is 0 Å². The van der Waals surface area contributed by atoms with Crippen molar-refractivity contribution in [3.05, 3.63) is 0 Å². The van der Waals surface area contributed by atoms with E-state index < -0.39 is 5.97 Å². The van der Waals surface area contributed by atoms with Gasteiger partial charge in [-0.1, -0.05) is 129 Å². The van der Waals surface area contributed by atoms with Crippen LogP contribution in [-0.4, -0.2) is 38.1 Å². The number of hydrogen-bond donors (Lipinski definition) is 0. The molecule has 0 aliphatic carbocycles. The third kappa shape index (κ3) is 36.8. The van der Waals surface area contributed by atoms with Gasteiger partial charge in [0.2, 0.25) is 0 Å². The zero-order valence-electron chi connectivity index (χ0n) is 23.0. The van der Waals surface area contributed by atoms with Gasteiger partial charge in [-0.2, -0.15) is 0 Å². The van der Waals surface area contributed by atoms with Gasteiger partial charge in [0.25, 0.3) is 0 Å². The monoisotopic (exact) mass is 455 g/mol. The largest absolute Gasteiger partial charge is 0.550 e. The van der Waals surface area contributed by atoms with Gasteiger partial charge < -0.3 is 14.4 Å². The maximum Gasteiger partial charge on any atom is 0.0780 e. The zero-order valence-corrected chi connectivity index (χ0v) is 23.0. The van der Waals surface area contributed by atoms with Crippen molar-refractivity contribution < 1.29 is 14.4 Å². The van der Waals surface area contributed by atoms with Crippen LogP contribution in [0.2, 0.25) is 0 Å². The Labute approximate surface area is 203 Å².